The molecule has 0 saturated heterocycles. The first kappa shape index (κ1) is 28.2. The van der Waals surface area contributed by atoms with E-state index >= 15 is 0 Å². The summed E-state index contributed by atoms with van der Waals surface area (Å²) in [5.41, 5.74) is 5.44. The molecule has 0 unspecified atom stereocenters. The van der Waals surface area contributed by atoms with Gasteiger partial charge < -0.3 is 34.5 Å². The van der Waals surface area contributed by atoms with Crippen molar-refractivity contribution in [2.45, 2.75) is 25.5 Å². The number of hydrogen-bond acceptors (Lipinski definition) is 9. The number of cyclic esters (lactones) is 1. The summed E-state index contributed by atoms with van der Waals surface area (Å²) in [4.78, 5) is 38.8. The molecule has 0 radical (unpaired) electrons. The molecule has 2 aliphatic rings. The number of carbonyl (C=O) groups excluding carboxylic acids is 2. The summed E-state index contributed by atoms with van der Waals surface area (Å²) in [5.74, 6) is -0.105. The van der Waals surface area contributed by atoms with E-state index < -0.39 is 5.97 Å². The van der Waals surface area contributed by atoms with Gasteiger partial charge in [-0.2, -0.15) is 0 Å². The molecule has 0 bridgehead atoms. The molecule has 0 atom stereocenters. The topological polar surface area (TPSA) is 114 Å². The van der Waals surface area contributed by atoms with Gasteiger partial charge in [0.15, 0.2) is 5.69 Å². The largest absolute Gasteiger partial charge is 0.494 e. The van der Waals surface area contributed by atoms with Gasteiger partial charge in [0, 0.05) is 60.5 Å². The molecular formula is C32H35N7O4. The summed E-state index contributed by atoms with van der Waals surface area (Å²) < 4.78 is 13.5. The van der Waals surface area contributed by atoms with E-state index in [9.17, 15) is 9.59 Å². The van der Waals surface area contributed by atoms with E-state index in [0.717, 1.165) is 41.5 Å². The number of hydrogen-bond donors (Lipinski definition) is 2. The number of amides is 1. The summed E-state index contributed by atoms with van der Waals surface area (Å²) in [5, 5.41) is 7.22. The van der Waals surface area contributed by atoms with Crippen LogP contribution in [0.1, 0.15) is 34.9 Å². The van der Waals surface area contributed by atoms with Crippen LogP contribution in [0.3, 0.4) is 0 Å². The van der Waals surface area contributed by atoms with Crippen LogP contribution in [0.4, 0.5) is 23.0 Å². The quantitative estimate of drug-likeness (QED) is 0.187. The van der Waals surface area contributed by atoms with Gasteiger partial charge in [-0.1, -0.05) is 24.8 Å². The molecule has 6 rings (SSSR count). The third-order valence-corrected chi connectivity index (χ3v) is 7.79. The molecule has 1 saturated carbocycles. The number of carbonyl (C=O) groups is 2. The molecule has 1 aliphatic heterocycles. The van der Waals surface area contributed by atoms with Gasteiger partial charge in [-0.25, -0.2) is 14.8 Å². The van der Waals surface area contributed by atoms with Gasteiger partial charge in [0.1, 0.15) is 12.4 Å². The first-order valence-corrected chi connectivity index (χ1v) is 14.2. The Morgan fingerprint density at radius 2 is 1.91 bits per heavy atom. The molecule has 1 aliphatic carbocycles. The van der Waals surface area contributed by atoms with Crippen molar-refractivity contribution < 1.29 is 19.1 Å². The molecule has 2 aromatic heterocycles. The Hall–Kier alpha value is -4.90. The number of nitrogens with zero attached hydrogens (tertiary/aromatic N) is 5. The van der Waals surface area contributed by atoms with E-state index in [1.165, 1.54) is 6.08 Å². The maximum atomic E-state index is 12.8. The van der Waals surface area contributed by atoms with Crippen LogP contribution in [-0.2, 0) is 16.1 Å². The van der Waals surface area contributed by atoms with E-state index in [4.69, 9.17) is 14.5 Å². The van der Waals surface area contributed by atoms with Crippen molar-refractivity contribution in [3.63, 3.8) is 0 Å². The molecule has 0 spiro atoms. The fourth-order valence-electron chi connectivity index (χ4n) is 5.35. The smallest absolute Gasteiger partial charge is 0.357 e. The number of benzene rings is 2. The highest BCUT2D eigenvalue weighted by molar-refractivity contribution is 6.02. The fourth-order valence-corrected chi connectivity index (χ4v) is 5.35. The van der Waals surface area contributed by atoms with Crippen LogP contribution in [0.5, 0.6) is 5.75 Å². The Bertz CT molecular complexity index is 1740. The van der Waals surface area contributed by atoms with Crippen molar-refractivity contribution in [3.8, 4) is 17.0 Å². The number of aromatic nitrogens is 3. The number of anilines is 4. The Labute approximate surface area is 250 Å². The van der Waals surface area contributed by atoms with Gasteiger partial charge in [0.2, 0.25) is 11.9 Å². The van der Waals surface area contributed by atoms with E-state index in [-0.39, 0.29) is 24.2 Å². The second-order valence-electron chi connectivity index (χ2n) is 11.1. The SMILES string of the molecule is C=CC(=O)Nc1cc(Nc2nc3c(c(-c4cn(C5CC5)c5ccccc45)n2)COC3=O)c(OC)cc1N(C)CCN(C)C. The minimum Gasteiger partial charge on any atom is -0.494 e. The lowest BCUT2D eigenvalue weighted by molar-refractivity contribution is -0.111. The monoisotopic (exact) mass is 581 g/mol. The third kappa shape index (κ3) is 5.51. The number of para-hydroxylation sites is 1. The van der Waals surface area contributed by atoms with Gasteiger partial charge >= 0.3 is 5.97 Å². The molecule has 43 heavy (non-hydrogen) atoms. The van der Waals surface area contributed by atoms with Gasteiger partial charge in [-0.15, -0.1) is 0 Å². The molecule has 2 N–H and O–H groups in total. The summed E-state index contributed by atoms with van der Waals surface area (Å²) in [6.07, 6.45) is 5.62. The summed E-state index contributed by atoms with van der Waals surface area (Å²) in [6, 6.07) is 12.3. The highest BCUT2D eigenvalue weighted by Gasteiger charge is 2.32. The summed E-state index contributed by atoms with van der Waals surface area (Å²) >= 11 is 0. The molecule has 4 aromatic rings. The van der Waals surface area contributed by atoms with Crippen molar-refractivity contribution >= 4 is 45.8 Å². The van der Waals surface area contributed by atoms with Crippen LogP contribution in [0, 0.1) is 0 Å². The van der Waals surface area contributed by atoms with Crippen LogP contribution in [-0.4, -0.2) is 72.7 Å². The zero-order valence-electron chi connectivity index (χ0n) is 24.8. The van der Waals surface area contributed by atoms with E-state index in [1.54, 1.807) is 13.2 Å². The van der Waals surface area contributed by atoms with E-state index in [1.807, 2.05) is 44.2 Å². The van der Waals surface area contributed by atoms with Crippen molar-refractivity contribution in [2.24, 2.45) is 0 Å². The number of rotatable bonds is 11. The molecule has 2 aromatic carbocycles. The van der Waals surface area contributed by atoms with Crippen molar-refractivity contribution in [3.05, 3.63) is 66.5 Å². The second kappa shape index (κ2) is 11.4. The van der Waals surface area contributed by atoms with E-state index in [2.05, 4.69) is 50.0 Å². The minimum absolute atomic E-state index is 0.113. The van der Waals surface area contributed by atoms with Crippen LogP contribution < -0.4 is 20.3 Å². The molecule has 1 fully saturated rings. The number of esters is 1. The number of methoxy groups -OCH3 is 1. The Morgan fingerprint density at radius 3 is 2.63 bits per heavy atom. The van der Waals surface area contributed by atoms with Gasteiger partial charge in [-0.3, -0.25) is 4.79 Å². The lowest BCUT2D eigenvalue weighted by Crippen LogP contribution is -2.29. The summed E-state index contributed by atoms with van der Waals surface area (Å²) in [7, 11) is 7.54. The molecular weight excluding hydrogens is 546 g/mol. The van der Waals surface area contributed by atoms with Gasteiger partial charge in [-0.05, 0) is 45.1 Å². The highest BCUT2D eigenvalue weighted by atomic mass is 16.5. The Balaban J connectivity index is 1.44. The fraction of sp³-hybridized carbons (Fsp3) is 0.312. The standard InChI is InChI=1S/C32H35N7O4/c1-6-28(40)33-23-15-24(27(42-5)16-26(23)38(4)14-13-37(2)3)34-32-35-29(22-18-43-31(41)30(22)36-32)21-17-39(19-11-12-19)25-10-8-7-9-20(21)25/h6-10,15-17,19H,1,11-14,18H2,2-5H3,(H,33,40)(H,34,35,36). The lowest BCUT2D eigenvalue weighted by Gasteiger charge is -2.26. The van der Waals surface area contributed by atoms with Crippen molar-refractivity contribution in [2.75, 3.05) is 56.9 Å². The Morgan fingerprint density at radius 1 is 1.14 bits per heavy atom. The summed E-state index contributed by atoms with van der Waals surface area (Å²) in [6.45, 7) is 5.23. The first-order chi connectivity index (χ1) is 20.8. The molecule has 11 nitrogen and oxygen atoms in total. The van der Waals surface area contributed by atoms with Crippen LogP contribution in [0.2, 0.25) is 0 Å². The predicted molar refractivity (Wildman–Crippen MR) is 167 cm³/mol. The van der Waals surface area contributed by atoms with E-state index in [0.29, 0.717) is 41.0 Å². The number of nitrogens with one attached hydrogen (secondary N) is 2. The lowest BCUT2D eigenvalue weighted by atomic mass is 10.0. The van der Waals surface area contributed by atoms with Crippen molar-refractivity contribution in [1.29, 1.82) is 0 Å². The first-order valence-electron chi connectivity index (χ1n) is 14.2. The number of fused-ring (bicyclic) bond motifs is 2. The van der Waals surface area contributed by atoms with Crippen LogP contribution in [0.15, 0.2) is 55.3 Å². The normalized spacial score (nSPS) is 14.0. The average molecular weight is 582 g/mol. The molecule has 3 heterocycles. The minimum atomic E-state index is -0.489. The molecule has 222 valence electrons. The van der Waals surface area contributed by atoms with Crippen LogP contribution >= 0.6 is 0 Å². The zero-order chi connectivity index (χ0) is 30.2. The average Bonchev–Trinajstić information content (AvgIpc) is 3.68. The van der Waals surface area contributed by atoms with Crippen molar-refractivity contribution in [1.82, 2.24) is 19.4 Å². The molecule has 1 amide bonds. The second-order valence-corrected chi connectivity index (χ2v) is 11.1. The highest BCUT2D eigenvalue weighted by Crippen LogP contribution is 2.43. The maximum absolute atomic E-state index is 12.8. The number of ether oxygens (including phenoxy) is 2. The third-order valence-electron chi connectivity index (χ3n) is 7.79. The molecule has 11 heteroatoms. The predicted octanol–water partition coefficient (Wildman–Crippen LogP) is 4.98. The van der Waals surface area contributed by atoms with Gasteiger partial charge in [0.05, 0.1) is 29.9 Å². The van der Waals surface area contributed by atoms with Crippen LogP contribution in [0.25, 0.3) is 22.2 Å². The maximum Gasteiger partial charge on any atom is 0.357 e. The number of likely N-dealkylation sites (N-methyl/N-ethyl adjacent to an activating group) is 2. The van der Waals surface area contributed by atoms with Gasteiger partial charge in [0.25, 0.3) is 0 Å². The Kier molecular flexibility index (Phi) is 7.49. The zero-order valence-corrected chi connectivity index (χ0v) is 24.8.